The fourth-order valence-electron chi connectivity index (χ4n) is 2.92. The summed E-state index contributed by atoms with van der Waals surface area (Å²) in [5, 5.41) is 2.93. The predicted octanol–water partition coefficient (Wildman–Crippen LogP) is 3.30. The number of aryl methyl sites for hydroxylation is 2. The standard InChI is InChI=1S/C20H25N3O2/c1-15-14-17(23-12-10-22(3)11-13-23)5-8-19(15)21-20(24)9-7-18-6-4-16(2)25-18/h4-9,14H,10-13H2,1-3H3,(H,21,24)/b9-7+. The topological polar surface area (TPSA) is 48.7 Å². The number of hydrogen-bond donors (Lipinski definition) is 1. The fraction of sp³-hybridized carbons (Fsp3) is 0.350. The van der Waals surface area contributed by atoms with Crippen molar-refractivity contribution < 1.29 is 9.21 Å². The van der Waals surface area contributed by atoms with Crippen LogP contribution in [0.3, 0.4) is 0 Å². The van der Waals surface area contributed by atoms with Crippen molar-refractivity contribution in [2.45, 2.75) is 13.8 Å². The summed E-state index contributed by atoms with van der Waals surface area (Å²) in [5.74, 6) is 1.34. The number of carbonyl (C=O) groups excluding carboxylic acids is 1. The summed E-state index contributed by atoms with van der Waals surface area (Å²) in [6.45, 7) is 8.13. The lowest BCUT2D eigenvalue weighted by atomic mass is 10.1. The number of rotatable bonds is 4. The Morgan fingerprint density at radius 2 is 1.88 bits per heavy atom. The molecule has 5 nitrogen and oxygen atoms in total. The van der Waals surface area contributed by atoms with Crippen LogP contribution in [0.15, 0.2) is 40.8 Å². The van der Waals surface area contributed by atoms with Gasteiger partial charge >= 0.3 is 0 Å². The van der Waals surface area contributed by atoms with Crippen LogP contribution in [0.4, 0.5) is 11.4 Å². The molecule has 0 saturated carbocycles. The van der Waals surface area contributed by atoms with Gasteiger partial charge in [-0.05, 0) is 62.9 Å². The zero-order valence-electron chi connectivity index (χ0n) is 15.1. The van der Waals surface area contributed by atoms with Crippen molar-refractivity contribution >= 4 is 23.4 Å². The Bertz CT molecular complexity index is 771. The predicted molar refractivity (Wildman–Crippen MR) is 102 cm³/mol. The minimum Gasteiger partial charge on any atom is -0.462 e. The van der Waals surface area contributed by atoms with Crippen molar-refractivity contribution in [1.29, 1.82) is 0 Å². The van der Waals surface area contributed by atoms with Crippen molar-refractivity contribution in [3.05, 3.63) is 53.5 Å². The number of nitrogens with zero attached hydrogens (tertiary/aromatic N) is 2. The number of furan rings is 1. The van der Waals surface area contributed by atoms with Crippen LogP contribution in [0, 0.1) is 13.8 Å². The Morgan fingerprint density at radius 3 is 2.52 bits per heavy atom. The monoisotopic (exact) mass is 339 g/mol. The third-order valence-electron chi connectivity index (χ3n) is 4.50. The molecule has 1 saturated heterocycles. The zero-order chi connectivity index (χ0) is 17.8. The largest absolute Gasteiger partial charge is 0.462 e. The maximum atomic E-state index is 12.1. The van der Waals surface area contributed by atoms with Crippen molar-refractivity contribution in [3.8, 4) is 0 Å². The minimum atomic E-state index is -0.162. The van der Waals surface area contributed by atoms with Crippen molar-refractivity contribution in [3.63, 3.8) is 0 Å². The third-order valence-corrected chi connectivity index (χ3v) is 4.50. The van der Waals surface area contributed by atoms with Crippen molar-refractivity contribution in [1.82, 2.24) is 4.90 Å². The van der Waals surface area contributed by atoms with Crippen LogP contribution in [0.1, 0.15) is 17.1 Å². The van der Waals surface area contributed by atoms with Gasteiger partial charge in [0.05, 0.1) is 0 Å². The van der Waals surface area contributed by atoms with E-state index < -0.39 is 0 Å². The van der Waals surface area contributed by atoms with Gasteiger partial charge in [0.1, 0.15) is 11.5 Å². The molecule has 0 spiro atoms. The molecule has 1 aliphatic rings. The van der Waals surface area contributed by atoms with E-state index in [0.717, 1.165) is 43.2 Å². The molecule has 0 aliphatic carbocycles. The molecular formula is C20H25N3O2. The molecule has 0 radical (unpaired) electrons. The molecule has 0 unspecified atom stereocenters. The number of nitrogens with one attached hydrogen (secondary N) is 1. The summed E-state index contributed by atoms with van der Waals surface area (Å²) in [6.07, 6.45) is 3.17. The number of amides is 1. The van der Waals surface area contributed by atoms with Gasteiger partial charge in [0.2, 0.25) is 5.91 Å². The molecule has 1 aromatic carbocycles. The van der Waals surface area contributed by atoms with Crippen LogP contribution < -0.4 is 10.2 Å². The van der Waals surface area contributed by atoms with Gasteiger partial charge in [-0.2, -0.15) is 0 Å². The quantitative estimate of drug-likeness (QED) is 0.869. The summed E-state index contributed by atoms with van der Waals surface area (Å²) in [7, 11) is 2.15. The summed E-state index contributed by atoms with van der Waals surface area (Å²) < 4.78 is 5.42. The average molecular weight is 339 g/mol. The molecule has 1 aliphatic heterocycles. The lowest BCUT2D eigenvalue weighted by molar-refractivity contribution is -0.111. The van der Waals surface area contributed by atoms with Crippen molar-refractivity contribution in [2.75, 3.05) is 43.4 Å². The molecule has 1 fully saturated rings. The number of piperazine rings is 1. The van der Waals surface area contributed by atoms with Gasteiger partial charge < -0.3 is 19.5 Å². The van der Waals surface area contributed by atoms with E-state index in [2.05, 4.69) is 34.3 Å². The van der Waals surface area contributed by atoms with Crippen LogP contribution in [-0.4, -0.2) is 44.0 Å². The van der Waals surface area contributed by atoms with Crippen LogP contribution in [0.25, 0.3) is 6.08 Å². The molecule has 3 rings (SSSR count). The lowest BCUT2D eigenvalue weighted by Crippen LogP contribution is -2.44. The maximum Gasteiger partial charge on any atom is 0.248 e. The first-order chi connectivity index (χ1) is 12.0. The molecule has 1 N–H and O–H groups in total. The van der Waals surface area contributed by atoms with Crippen LogP contribution in [0.2, 0.25) is 0 Å². The van der Waals surface area contributed by atoms with E-state index >= 15 is 0 Å². The molecular weight excluding hydrogens is 314 g/mol. The first-order valence-corrected chi connectivity index (χ1v) is 8.61. The van der Waals surface area contributed by atoms with Gasteiger partial charge in [-0.1, -0.05) is 0 Å². The van der Waals surface area contributed by atoms with Gasteiger partial charge in [-0.15, -0.1) is 0 Å². The molecule has 0 bridgehead atoms. The summed E-state index contributed by atoms with van der Waals surface area (Å²) >= 11 is 0. The molecule has 1 aromatic heterocycles. The van der Waals surface area contributed by atoms with Gasteiger partial charge in [-0.25, -0.2) is 0 Å². The number of anilines is 2. The Balaban J connectivity index is 1.62. The Morgan fingerprint density at radius 1 is 1.12 bits per heavy atom. The highest BCUT2D eigenvalue weighted by Gasteiger charge is 2.15. The smallest absolute Gasteiger partial charge is 0.248 e. The highest BCUT2D eigenvalue weighted by Crippen LogP contribution is 2.23. The summed E-state index contributed by atoms with van der Waals surface area (Å²) in [4.78, 5) is 16.8. The van der Waals surface area contributed by atoms with Crippen LogP contribution in [0.5, 0.6) is 0 Å². The van der Waals surface area contributed by atoms with E-state index in [4.69, 9.17) is 4.42 Å². The Labute approximate surface area is 148 Å². The zero-order valence-corrected chi connectivity index (χ0v) is 15.1. The highest BCUT2D eigenvalue weighted by atomic mass is 16.3. The van der Waals surface area contributed by atoms with E-state index in [-0.39, 0.29) is 5.91 Å². The molecule has 132 valence electrons. The molecule has 2 aromatic rings. The number of likely N-dealkylation sites (N-methyl/N-ethyl adjacent to an activating group) is 1. The van der Waals surface area contributed by atoms with Crippen LogP contribution in [-0.2, 0) is 4.79 Å². The molecule has 2 heterocycles. The first-order valence-electron chi connectivity index (χ1n) is 8.61. The second-order valence-electron chi connectivity index (χ2n) is 6.56. The second-order valence-corrected chi connectivity index (χ2v) is 6.56. The van der Waals surface area contributed by atoms with Crippen molar-refractivity contribution in [2.24, 2.45) is 0 Å². The van der Waals surface area contributed by atoms with Gasteiger partial charge in [0.15, 0.2) is 0 Å². The van der Waals surface area contributed by atoms with E-state index in [1.807, 2.05) is 32.0 Å². The first kappa shape index (κ1) is 17.3. The van der Waals surface area contributed by atoms with E-state index in [0.29, 0.717) is 5.76 Å². The van der Waals surface area contributed by atoms with E-state index in [1.165, 1.54) is 11.8 Å². The third kappa shape index (κ3) is 4.51. The molecule has 0 atom stereocenters. The highest BCUT2D eigenvalue weighted by molar-refractivity contribution is 6.02. The maximum absolute atomic E-state index is 12.1. The second kappa shape index (κ2) is 7.57. The summed E-state index contributed by atoms with van der Waals surface area (Å²) in [6, 6.07) is 9.91. The number of carbonyl (C=O) groups is 1. The lowest BCUT2D eigenvalue weighted by Gasteiger charge is -2.34. The average Bonchev–Trinajstić information content (AvgIpc) is 3.01. The fourth-order valence-corrected chi connectivity index (χ4v) is 2.92. The normalized spacial score (nSPS) is 15.7. The summed E-state index contributed by atoms with van der Waals surface area (Å²) in [5.41, 5.74) is 3.11. The molecule has 25 heavy (non-hydrogen) atoms. The minimum absolute atomic E-state index is 0.162. The molecule has 1 amide bonds. The molecule has 5 heteroatoms. The Hall–Kier alpha value is -2.53. The van der Waals surface area contributed by atoms with Gasteiger partial charge in [-0.3, -0.25) is 4.79 Å². The number of benzene rings is 1. The number of hydrogen-bond acceptors (Lipinski definition) is 4. The van der Waals surface area contributed by atoms with Gasteiger partial charge in [0.25, 0.3) is 0 Å². The SMILES string of the molecule is Cc1ccc(/C=C/C(=O)Nc2ccc(N3CCN(C)CC3)cc2C)o1. The van der Waals surface area contributed by atoms with Gasteiger partial charge in [0, 0.05) is 43.6 Å². The van der Waals surface area contributed by atoms with E-state index in [1.54, 1.807) is 6.08 Å². The Kier molecular flexibility index (Phi) is 5.24. The van der Waals surface area contributed by atoms with E-state index in [9.17, 15) is 4.79 Å². The van der Waals surface area contributed by atoms with Crippen LogP contribution >= 0.6 is 0 Å².